The molecule has 0 radical (unpaired) electrons. The number of nitrogens with two attached hydrogens (primary N) is 1. The van der Waals surface area contributed by atoms with Crippen molar-refractivity contribution in [3.05, 3.63) is 23.8 Å². The quantitative estimate of drug-likeness (QED) is 0.468. The van der Waals surface area contributed by atoms with Crippen molar-refractivity contribution in [2.24, 2.45) is 0 Å². The number of aromatic hydroxyl groups is 1. The number of ketones is 1. The number of phenolic OH excluding ortho intramolecular Hbond substituents is 1. The van der Waals surface area contributed by atoms with Crippen LogP contribution in [0.25, 0.3) is 0 Å². The standard InChI is InChI=1S/C8H9NO2/c1-5(10)6-2-7(9)4-8(11)3-6/h2-4,11H,9H2,1H3. The van der Waals surface area contributed by atoms with E-state index < -0.39 is 0 Å². The number of benzene rings is 1. The molecule has 0 aliphatic carbocycles. The Balaban J connectivity index is 3.19. The molecule has 0 aliphatic rings. The van der Waals surface area contributed by atoms with Gasteiger partial charge in [-0.25, -0.2) is 0 Å². The second-order valence-corrected chi connectivity index (χ2v) is 2.37. The van der Waals surface area contributed by atoms with Crippen LogP contribution < -0.4 is 5.73 Å². The molecule has 3 N–H and O–H groups in total. The van der Waals surface area contributed by atoms with Gasteiger partial charge in [-0.05, 0) is 19.1 Å². The van der Waals surface area contributed by atoms with Crippen LogP contribution in [0.15, 0.2) is 18.2 Å². The minimum atomic E-state index is -0.104. The molecule has 0 heterocycles. The Bertz CT molecular complexity index is 274. The fourth-order valence-corrected chi connectivity index (χ4v) is 0.838. The zero-order chi connectivity index (χ0) is 8.43. The molecule has 0 atom stereocenters. The van der Waals surface area contributed by atoms with Crippen molar-refractivity contribution in [2.75, 3.05) is 5.73 Å². The Morgan fingerprint density at radius 1 is 1.45 bits per heavy atom. The van der Waals surface area contributed by atoms with Crippen molar-refractivity contribution >= 4 is 11.5 Å². The van der Waals surface area contributed by atoms with Gasteiger partial charge in [0.2, 0.25) is 0 Å². The van der Waals surface area contributed by atoms with Gasteiger partial charge in [0, 0.05) is 17.3 Å². The van der Waals surface area contributed by atoms with Gasteiger partial charge in [0.1, 0.15) is 5.75 Å². The van der Waals surface area contributed by atoms with Gasteiger partial charge in [0.25, 0.3) is 0 Å². The van der Waals surface area contributed by atoms with Gasteiger partial charge in [0.05, 0.1) is 0 Å². The second kappa shape index (κ2) is 2.62. The van der Waals surface area contributed by atoms with E-state index in [9.17, 15) is 4.79 Å². The molecule has 11 heavy (non-hydrogen) atoms. The Hall–Kier alpha value is -1.51. The Kier molecular flexibility index (Phi) is 1.81. The van der Waals surface area contributed by atoms with Crippen LogP contribution in [-0.2, 0) is 0 Å². The summed E-state index contributed by atoms with van der Waals surface area (Å²) in [6.45, 7) is 1.42. The number of nitrogen functional groups attached to an aromatic ring is 1. The summed E-state index contributed by atoms with van der Waals surface area (Å²) >= 11 is 0. The van der Waals surface area contributed by atoms with Gasteiger partial charge in [-0.1, -0.05) is 0 Å². The van der Waals surface area contributed by atoms with Crippen LogP contribution in [0.3, 0.4) is 0 Å². The van der Waals surface area contributed by atoms with Crippen LogP contribution >= 0.6 is 0 Å². The monoisotopic (exact) mass is 151 g/mol. The van der Waals surface area contributed by atoms with Crippen molar-refractivity contribution in [1.82, 2.24) is 0 Å². The fraction of sp³-hybridized carbons (Fsp3) is 0.125. The number of hydrogen-bond donors (Lipinski definition) is 2. The average molecular weight is 151 g/mol. The summed E-state index contributed by atoms with van der Waals surface area (Å²) in [6.07, 6.45) is 0. The molecule has 0 aliphatic heterocycles. The average Bonchev–Trinajstić information content (AvgIpc) is 1.85. The molecule has 0 unspecified atom stereocenters. The van der Waals surface area contributed by atoms with E-state index in [0.29, 0.717) is 11.3 Å². The molecule has 3 heteroatoms. The van der Waals surface area contributed by atoms with E-state index in [1.807, 2.05) is 0 Å². The zero-order valence-electron chi connectivity index (χ0n) is 6.16. The molecule has 0 fully saturated rings. The molecule has 3 nitrogen and oxygen atoms in total. The van der Waals surface area contributed by atoms with Crippen molar-refractivity contribution in [1.29, 1.82) is 0 Å². The van der Waals surface area contributed by atoms with Crippen molar-refractivity contribution in [2.45, 2.75) is 6.92 Å². The second-order valence-electron chi connectivity index (χ2n) is 2.37. The molecular weight excluding hydrogens is 142 g/mol. The van der Waals surface area contributed by atoms with Crippen LogP contribution in [-0.4, -0.2) is 10.9 Å². The summed E-state index contributed by atoms with van der Waals surface area (Å²) in [4.78, 5) is 10.8. The van der Waals surface area contributed by atoms with Gasteiger partial charge in [-0.3, -0.25) is 4.79 Å². The summed E-state index contributed by atoms with van der Waals surface area (Å²) in [5.41, 5.74) is 6.22. The third-order valence-corrected chi connectivity index (χ3v) is 1.35. The normalized spacial score (nSPS) is 9.55. The number of Topliss-reactive ketones (excluding diaryl/α,β-unsaturated/α-hetero) is 1. The first kappa shape index (κ1) is 7.60. The largest absolute Gasteiger partial charge is 0.508 e. The SMILES string of the molecule is CC(=O)c1cc(N)cc(O)c1. The first-order chi connectivity index (χ1) is 5.09. The van der Waals surface area contributed by atoms with Gasteiger partial charge < -0.3 is 10.8 Å². The lowest BCUT2D eigenvalue weighted by Crippen LogP contribution is -1.93. The predicted octanol–water partition coefficient (Wildman–Crippen LogP) is 1.18. The molecule has 0 bridgehead atoms. The lowest BCUT2D eigenvalue weighted by molar-refractivity contribution is 0.101. The minimum Gasteiger partial charge on any atom is -0.508 e. The fourth-order valence-electron chi connectivity index (χ4n) is 0.838. The first-order valence-corrected chi connectivity index (χ1v) is 3.20. The highest BCUT2D eigenvalue weighted by atomic mass is 16.3. The maximum atomic E-state index is 10.8. The highest BCUT2D eigenvalue weighted by Crippen LogP contribution is 2.17. The van der Waals surface area contributed by atoms with Crippen LogP contribution in [0.5, 0.6) is 5.75 Å². The number of hydrogen-bond acceptors (Lipinski definition) is 3. The summed E-state index contributed by atoms with van der Waals surface area (Å²) in [5.74, 6) is -0.0807. The zero-order valence-corrected chi connectivity index (χ0v) is 6.16. The van der Waals surface area contributed by atoms with E-state index >= 15 is 0 Å². The minimum absolute atomic E-state index is 0.0233. The van der Waals surface area contributed by atoms with E-state index in [1.54, 1.807) is 0 Å². The summed E-state index contributed by atoms with van der Waals surface area (Å²) in [5, 5.41) is 9.01. The molecule has 1 rings (SSSR count). The Morgan fingerprint density at radius 3 is 2.55 bits per heavy atom. The summed E-state index contributed by atoms with van der Waals surface area (Å²) in [7, 11) is 0. The highest BCUT2D eigenvalue weighted by Gasteiger charge is 2.01. The van der Waals surface area contributed by atoms with Crippen molar-refractivity contribution in [3.8, 4) is 5.75 Å². The Labute approximate surface area is 64.5 Å². The molecule has 1 aromatic rings. The van der Waals surface area contributed by atoms with Crippen LogP contribution in [0.2, 0.25) is 0 Å². The van der Waals surface area contributed by atoms with E-state index in [-0.39, 0.29) is 11.5 Å². The third-order valence-electron chi connectivity index (χ3n) is 1.35. The number of rotatable bonds is 1. The molecule has 0 saturated carbocycles. The van der Waals surface area contributed by atoms with E-state index in [2.05, 4.69) is 0 Å². The Morgan fingerprint density at radius 2 is 2.09 bits per heavy atom. The first-order valence-electron chi connectivity index (χ1n) is 3.20. The molecular formula is C8H9NO2. The number of phenols is 1. The van der Waals surface area contributed by atoms with E-state index in [4.69, 9.17) is 10.8 Å². The van der Waals surface area contributed by atoms with Crippen LogP contribution in [0.4, 0.5) is 5.69 Å². The maximum Gasteiger partial charge on any atom is 0.160 e. The van der Waals surface area contributed by atoms with Gasteiger partial charge in [-0.2, -0.15) is 0 Å². The lowest BCUT2D eigenvalue weighted by Gasteiger charge is -1.98. The summed E-state index contributed by atoms with van der Waals surface area (Å²) in [6, 6.07) is 4.31. The van der Waals surface area contributed by atoms with Gasteiger partial charge in [0.15, 0.2) is 5.78 Å². The van der Waals surface area contributed by atoms with Gasteiger partial charge >= 0.3 is 0 Å². The van der Waals surface area contributed by atoms with E-state index in [1.165, 1.54) is 25.1 Å². The van der Waals surface area contributed by atoms with Crippen molar-refractivity contribution < 1.29 is 9.90 Å². The molecule has 0 aromatic heterocycles. The third kappa shape index (κ3) is 1.70. The highest BCUT2D eigenvalue weighted by molar-refractivity contribution is 5.95. The lowest BCUT2D eigenvalue weighted by atomic mass is 10.1. The van der Waals surface area contributed by atoms with Crippen LogP contribution in [0.1, 0.15) is 17.3 Å². The predicted molar refractivity (Wildman–Crippen MR) is 42.5 cm³/mol. The topological polar surface area (TPSA) is 63.3 Å². The maximum absolute atomic E-state index is 10.8. The summed E-state index contributed by atoms with van der Waals surface area (Å²) < 4.78 is 0. The van der Waals surface area contributed by atoms with Crippen molar-refractivity contribution in [3.63, 3.8) is 0 Å². The number of anilines is 1. The molecule has 58 valence electrons. The molecule has 0 saturated heterocycles. The van der Waals surface area contributed by atoms with Gasteiger partial charge in [-0.15, -0.1) is 0 Å². The number of carbonyl (C=O) groups is 1. The molecule has 0 amide bonds. The molecule has 1 aromatic carbocycles. The van der Waals surface area contributed by atoms with E-state index in [0.717, 1.165) is 0 Å². The van der Waals surface area contributed by atoms with Crippen LogP contribution in [0, 0.1) is 0 Å². The molecule has 0 spiro atoms. The number of carbonyl (C=O) groups excluding carboxylic acids is 1. The smallest absolute Gasteiger partial charge is 0.160 e.